The molecule has 0 unspecified atom stereocenters. The summed E-state index contributed by atoms with van der Waals surface area (Å²) in [4.78, 5) is 24.6. The predicted octanol–water partition coefficient (Wildman–Crippen LogP) is 6.42. The first-order valence-corrected chi connectivity index (χ1v) is 12.0. The summed E-state index contributed by atoms with van der Waals surface area (Å²) in [5.41, 5.74) is 2.84. The molecule has 7 heteroatoms. The summed E-state index contributed by atoms with van der Waals surface area (Å²) < 4.78 is 16.0. The summed E-state index contributed by atoms with van der Waals surface area (Å²) in [6.07, 6.45) is 0.461. The van der Waals surface area contributed by atoms with E-state index < -0.39 is 17.6 Å². The third-order valence-corrected chi connectivity index (χ3v) is 6.52. The van der Waals surface area contributed by atoms with Gasteiger partial charge < -0.3 is 14.0 Å². The Hall–Kier alpha value is -4.57. The first kappa shape index (κ1) is 24.1. The molecular weight excluding hydrogens is 468 g/mol. The molecule has 0 spiro atoms. The van der Waals surface area contributed by atoms with Gasteiger partial charge in [-0.05, 0) is 61.2 Å². The molecule has 1 saturated carbocycles. The fourth-order valence-electron chi connectivity index (χ4n) is 4.16. The highest BCUT2D eigenvalue weighted by Gasteiger charge is 2.50. The molecule has 186 valence electrons. The molecule has 0 aliphatic heterocycles. The van der Waals surface area contributed by atoms with Gasteiger partial charge in [0.1, 0.15) is 22.9 Å². The fraction of sp³-hybridized carbons (Fsp3) is 0.233. The molecule has 1 aliphatic rings. The van der Waals surface area contributed by atoms with E-state index >= 15 is 0 Å². The number of benzene rings is 3. The van der Waals surface area contributed by atoms with Gasteiger partial charge in [-0.2, -0.15) is 0 Å². The number of carbonyl (C=O) groups is 2. The lowest BCUT2D eigenvalue weighted by atomic mass is 10.0. The van der Waals surface area contributed by atoms with Crippen LogP contribution in [0.4, 0.5) is 10.5 Å². The number of esters is 1. The third kappa shape index (κ3) is 5.05. The van der Waals surface area contributed by atoms with E-state index in [1.807, 2.05) is 73.7 Å². The molecule has 0 bridgehead atoms. The highest BCUT2D eigenvalue weighted by atomic mass is 16.6. The summed E-state index contributed by atoms with van der Waals surface area (Å²) in [6, 6.07) is 21.2. The van der Waals surface area contributed by atoms with Crippen LogP contribution in [0.2, 0.25) is 0 Å². The van der Waals surface area contributed by atoms with E-state index in [1.54, 1.807) is 6.92 Å². The minimum atomic E-state index is -0.652. The Morgan fingerprint density at radius 3 is 2.51 bits per heavy atom. The van der Waals surface area contributed by atoms with Crippen LogP contribution < -0.4 is 5.32 Å². The van der Waals surface area contributed by atoms with Crippen molar-refractivity contribution in [3.05, 3.63) is 83.6 Å². The van der Waals surface area contributed by atoms with Crippen molar-refractivity contribution in [1.82, 2.24) is 5.16 Å². The van der Waals surface area contributed by atoms with Crippen LogP contribution in [0, 0.1) is 24.2 Å². The summed E-state index contributed by atoms with van der Waals surface area (Å²) in [6.45, 7) is 3.58. The molecule has 1 atom stereocenters. The second-order valence-electron chi connectivity index (χ2n) is 9.16. The Kier molecular flexibility index (Phi) is 6.41. The lowest BCUT2D eigenvalue weighted by Crippen LogP contribution is -2.16. The van der Waals surface area contributed by atoms with Crippen LogP contribution in [0.3, 0.4) is 0 Å². The van der Waals surface area contributed by atoms with Crippen molar-refractivity contribution in [2.75, 3.05) is 12.4 Å². The van der Waals surface area contributed by atoms with Crippen molar-refractivity contribution >= 4 is 28.5 Å². The molecule has 1 heterocycles. The molecule has 1 amide bonds. The average Bonchev–Trinajstić information content (AvgIpc) is 3.64. The van der Waals surface area contributed by atoms with Crippen molar-refractivity contribution in [1.29, 1.82) is 0 Å². The first-order chi connectivity index (χ1) is 17.9. The Morgan fingerprint density at radius 1 is 1.05 bits per heavy atom. The maximum Gasteiger partial charge on any atom is 0.412 e. The number of rotatable bonds is 5. The van der Waals surface area contributed by atoms with Gasteiger partial charge >= 0.3 is 12.1 Å². The predicted molar refractivity (Wildman–Crippen MR) is 140 cm³/mol. The minimum Gasteiger partial charge on any atom is -0.468 e. The van der Waals surface area contributed by atoms with Gasteiger partial charge in [0.25, 0.3) is 0 Å². The quantitative estimate of drug-likeness (QED) is 0.254. The van der Waals surface area contributed by atoms with E-state index in [2.05, 4.69) is 22.3 Å². The van der Waals surface area contributed by atoms with Crippen LogP contribution in [-0.2, 0) is 14.3 Å². The molecule has 7 nitrogen and oxygen atoms in total. The molecule has 1 aromatic heterocycles. The number of ether oxygens (including phenoxy) is 2. The van der Waals surface area contributed by atoms with Gasteiger partial charge in [-0.15, -0.1) is 0 Å². The number of amides is 1. The molecule has 1 fully saturated rings. The molecule has 5 rings (SSSR count). The number of anilines is 1. The lowest BCUT2D eigenvalue weighted by molar-refractivity contribution is -0.144. The van der Waals surface area contributed by atoms with Crippen molar-refractivity contribution in [2.24, 2.45) is 5.41 Å². The Bertz CT molecular complexity index is 1540. The third-order valence-electron chi connectivity index (χ3n) is 6.52. The molecule has 3 aromatic carbocycles. The van der Waals surface area contributed by atoms with E-state index in [0.29, 0.717) is 17.1 Å². The Labute approximate surface area is 214 Å². The van der Waals surface area contributed by atoms with Crippen LogP contribution in [0.25, 0.3) is 22.1 Å². The molecule has 0 saturated heterocycles. The molecule has 0 radical (unpaired) electrons. The van der Waals surface area contributed by atoms with E-state index in [4.69, 9.17) is 14.0 Å². The van der Waals surface area contributed by atoms with Crippen molar-refractivity contribution in [2.45, 2.75) is 32.8 Å². The molecule has 1 N–H and O–H groups in total. The van der Waals surface area contributed by atoms with E-state index in [9.17, 15) is 9.59 Å². The topological polar surface area (TPSA) is 90.7 Å². The highest BCUT2D eigenvalue weighted by Crippen LogP contribution is 2.46. The largest absolute Gasteiger partial charge is 0.468 e. The Morgan fingerprint density at radius 2 is 1.78 bits per heavy atom. The van der Waals surface area contributed by atoms with Crippen LogP contribution >= 0.6 is 0 Å². The van der Waals surface area contributed by atoms with Gasteiger partial charge in [-0.25, -0.2) is 4.79 Å². The number of nitrogens with one attached hydrogen (secondary N) is 1. The van der Waals surface area contributed by atoms with Crippen LogP contribution in [0.1, 0.15) is 42.7 Å². The van der Waals surface area contributed by atoms with E-state index in [1.165, 1.54) is 7.11 Å². The number of aryl methyl sites for hydroxylation is 1. The van der Waals surface area contributed by atoms with Gasteiger partial charge in [0.05, 0.1) is 7.11 Å². The van der Waals surface area contributed by atoms with Crippen LogP contribution in [0.15, 0.2) is 71.3 Å². The maximum absolute atomic E-state index is 12.6. The SMILES string of the molecule is COC(=O)C1(C#Cc2ccc3cc(-c4onc(C)c4NC(=O)O[C@H](C)c4ccccc4)ccc3c2)CC1. The fourth-order valence-corrected chi connectivity index (χ4v) is 4.16. The monoisotopic (exact) mass is 494 g/mol. The maximum atomic E-state index is 12.6. The summed E-state index contributed by atoms with van der Waals surface area (Å²) in [7, 11) is 1.39. The van der Waals surface area contributed by atoms with E-state index in [0.717, 1.165) is 40.3 Å². The summed E-state index contributed by atoms with van der Waals surface area (Å²) >= 11 is 0. The number of hydrogen-bond donors (Lipinski definition) is 1. The number of nitrogens with zero attached hydrogens (tertiary/aromatic N) is 1. The molecule has 4 aromatic rings. The van der Waals surface area contributed by atoms with Crippen LogP contribution in [-0.4, -0.2) is 24.3 Å². The van der Waals surface area contributed by atoms with Gasteiger partial charge in [0.15, 0.2) is 5.76 Å². The van der Waals surface area contributed by atoms with E-state index in [-0.39, 0.29) is 5.97 Å². The normalized spacial score (nSPS) is 14.2. The zero-order valence-electron chi connectivity index (χ0n) is 20.8. The minimum absolute atomic E-state index is 0.268. The standard InChI is InChI=1S/C30H26N2O5/c1-19-26(31-29(34)36-20(2)22-7-5-4-6-8-22)27(37-32-19)25-12-11-23-17-21(9-10-24(23)18-25)13-14-30(15-16-30)28(33)35-3/h4-12,17-18,20H,15-16H2,1-3H3,(H,31,34)/t20-/m1/s1. The van der Waals surface area contributed by atoms with Gasteiger partial charge in [-0.1, -0.05) is 65.5 Å². The van der Waals surface area contributed by atoms with Crippen molar-refractivity contribution in [3.8, 4) is 23.2 Å². The summed E-state index contributed by atoms with van der Waals surface area (Å²) in [5, 5.41) is 8.80. The number of methoxy groups -OCH3 is 1. The van der Waals surface area contributed by atoms with Crippen molar-refractivity contribution < 1.29 is 23.6 Å². The van der Waals surface area contributed by atoms with Gasteiger partial charge in [-0.3, -0.25) is 10.1 Å². The number of hydrogen-bond acceptors (Lipinski definition) is 6. The second kappa shape index (κ2) is 9.82. The first-order valence-electron chi connectivity index (χ1n) is 12.0. The van der Waals surface area contributed by atoms with Gasteiger partial charge in [0.2, 0.25) is 0 Å². The number of aromatic nitrogens is 1. The number of fused-ring (bicyclic) bond motifs is 1. The lowest BCUT2D eigenvalue weighted by Gasteiger charge is -2.14. The second-order valence-corrected chi connectivity index (χ2v) is 9.16. The van der Waals surface area contributed by atoms with Gasteiger partial charge in [0, 0.05) is 11.1 Å². The smallest absolute Gasteiger partial charge is 0.412 e. The Balaban J connectivity index is 1.35. The average molecular weight is 495 g/mol. The zero-order valence-corrected chi connectivity index (χ0v) is 20.8. The zero-order chi connectivity index (χ0) is 26.0. The number of carbonyl (C=O) groups excluding carboxylic acids is 2. The molecular formula is C30H26N2O5. The van der Waals surface area contributed by atoms with Crippen molar-refractivity contribution in [3.63, 3.8) is 0 Å². The molecule has 37 heavy (non-hydrogen) atoms. The van der Waals surface area contributed by atoms with Crippen LogP contribution in [0.5, 0.6) is 0 Å². The molecule has 1 aliphatic carbocycles. The summed E-state index contributed by atoms with van der Waals surface area (Å²) in [5.74, 6) is 6.39. The highest BCUT2D eigenvalue weighted by molar-refractivity contribution is 5.94.